The molecule has 0 radical (unpaired) electrons. The molecular formula is C8H12N4O5S. The molecule has 0 aliphatic carbocycles. The highest BCUT2D eigenvalue weighted by atomic mass is 32.3. The number of urea groups is 1. The predicted octanol–water partition coefficient (Wildman–Crippen LogP) is -0.0836. The van der Waals surface area contributed by atoms with Crippen LogP contribution < -0.4 is 5.06 Å². The zero-order chi connectivity index (χ0) is 13.5. The van der Waals surface area contributed by atoms with E-state index in [-0.39, 0.29) is 5.69 Å². The molecule has 0 aromatic carbocycles. The summed E-state index contributed by atoms with van der Waals surface area (Å²) in [6.45, 7) is 2.41. The van der Waals surface area contributed by atoms with Crippen molar-refractivity contribution in [2.75, 3.05) is 11.6 Å². The molecule has 10 heteroatoms. The molecule has 0 spiro atoms. The first kappa shape index (κ1) is 12.8. The fourth-order valence-electron chi connectivity index (χ4n) is 1.70. The van der Waals surface area contributed by atoms with Gasteiger partial charge in [0.05, 0.1) is 18.4 Å². The highest BCUT2D eigenvalue weighted by Gasteiger charge is 2.35. The average Bonchev–Trinajstić information content (AvgIpc) is 2.62. The standard InChI is InChI=1S/C8H12N4O5S/c1-3-11-5-7-6(4-9-10(7)2)12(8(11)13)17-18(14,15)16/h4H,3,5H2,1-2H3,(H,14,15,16). The van der Waals surface area contributed by atoms with E-state index in [1.54, 1.807) is 14.0 Å². The molecule has 0 unspecified atom stereocenters. The molecule has 0 saturated heterocycles. The monoisotopic (exact) mass is 276 g/mol. The summed E-state index contributed by atoms with van der Waals surface area (Å²) in [5.74, 6) is 0. The van der Waals surface area contributed by atoms with Crippen molar-refractivity contribution >= 4 is 22.1 Å². The first-order chi connectivity index (χ1) is 8.33. The normalized spacial score (nSPS) is 16.1. The van der Waals surface area contributed by atoms with Gasteiger partial charge in [0.15, 0.2) is 0 Å². The third-order valence-electron chi connectivity index (χ3n) is 2.59. The number of hydrogen-bond donors (Lipinski definition) is 1. The van der Waals surface area contributed by atoms with Crippen molar-refractivity contribution in [3.8, 4) is 0 Å². The Morgan fingerprint density at radius 1 is 1.56 bits per heavy atom. The van der Waals surface area contributed by atoms with Gasteiger partial charge in [-0.1, -0.05) is 0 Å². The number of hydrogen-bond acceptors (Lipinski definition) is 5. The maximum absolute atomic E-state index is 11.9. The zero-order valence-electron chi connectivity index (χ0n) is 9.77. The SMILES string of the molecule is CCN1Cc2c(cnn2C)N(OS(=O)(=O)O)C1=O. The zero-order valence-corrected chi connectivity index (χ0v) is 10.6. The van der Waals surface area contributed by atoms with Crippen LogP contribution in [0.4, 0.5) is 10.5 Å². The van der Waals surface area contributed by atoms with Crippen molar-refractivity contribution in [2.24, 2.45) is 7.05 Å². The molecule has 100 valence electrons. The Bertz CT molecular complexity index is 580. The van der Waals surface area contributed by atoms with Gasteiger partial charge in [0, 0.05) is 13.6 Å². The second-order valence-corrected chi connectivity index (χ2v) is 4.70. The number of aromatic nitrogens is 2. The summed E-state index contributed by atoms with van der Waals surface area (Å²) >= 11 is 0. The molecule has 2 heterocycles. The number of rotatable bonds is 3. The molecule has 1 N–H and O–H groups in total. The minimum atomic E-state index is -4.78. The largest absolute Gasteiger partial charge is 0.419 e. The van der Waals surface area contributed by atoms with Crippen LogP contribution in [-0.2, 0) is 28.3 Å². The van der Waals surface area contributed by atoms with E-state index in [9.17, 15) is 13.2 Å². The third-order valence-corrected chi connectivity index (χ3v) is 2.93. The van der Waals surface area contributed by atoms with Crippen molar-refractivity contribution in [3.05, 3.63) is 11.9 Å². The number of carbonyl (C=O) groups is 1. The Morgan fingerprint density at radius 2 is 2.22 bits per heavy atom. The third kappa shape index (κ3) is 2.17. The first-order valence-electron chi connectivity index (χ1n) is 5.10. The summed E-state index contributed by atoms with van der Waals surface area (Å²) in [5.41, 5.74) is 0.810. The van der Waals surface area contributed by atoms with Gasteiger partial charge < -0.3 is 4.90 Å². The Morgan fingerprint density at radius 3 is 2.78 bits per heavy atom. The van der Waals surface area contributed by atoms with Crippen LogP contribution in [0.2, 0.25) is 0 Å². The Balaban J connectivity index is 2.46. The van der Waals surface area contributed by atoms with Crippen molar-refractivity contribution in [1.82, 2.24) is 14.7 Å². The van der Waals surface area contributed by atoms with Crippen LogP contribution in [0.5, 0.6) is 0 Å². The van der Waals surface area contributed by atoms with Crippen LogP contribution >= 0.6 is 0 Å². The van der Waals surface area contributed by atoms with Crippen LogP contribution in [0.3, 0.4) is 0 Å². The van der Waals surface area contributed by atoms with E-state index in [1.165, 1.54) is 15.8 Å². The molecule has 0 saturated carbocycles. The van der Waals surface area contributed by atoms with Gasteiger partial charge in [-0.25, -0.2) is 4.79 Å². The number of anilines is 1. The van der Waals surface area contributed by atoms with E-state index in [0.717, 1.165) is 0 Å². The van der Waals surface area contributed by atoms with Crippen molar-refractivity contribution in [3.63, 3.8) is 0 Å². The van der Waals surface area contributed by atoms with E-state index < -0.39 is 16.4 Å². The smallest absolute Gasteiger partial charge is 0.317 e. The lowest BCUT2D eigenvalue weighted by Crippen LogP contribution is -2.47. The van der Waals surface area contributed by atoms with Gasteiger partial charge in [0.1, 0.15) is 5.69 Å². The number of aryl methyl sites for hydroxylation is 1. The molecule has 0 atom stereocenters. The van der Waals surface area contributed by atoms with Crippen LogP contribution in [-0.4, -0.2) is 40.2 Å². The number of fused-ring (bicyclic) bond motifs is 1. The molecule has 18 heavy (non-hydrogen) atoms. The minimum Gasteiger partial charge on any atom is -0.317 e. The molecule has 0 bridgehead atoms. The van der Waals surface area contributed by atoms with Gasteiger partial charge in [-0.3, -0.25) is 9.23 Å². The maximum Gasteiger partial charge on any atom is 0.419 e. The fourth-order valence-corrected chi connectivity index (χ4v) is 2.03. The van der Waals surface area contributed by atoms with Crippen LogP contribution in [0.25, 0.3) is 0 Å². The Labute approximate surface area is 103 Å². The summed E-state index contributed by atoms with van der Waals surface area (Å²) < 4.78 is 36.0. The number of hydroxylamine groups is 1. The van der Waals surface area contributed by atoms with Gasteiger partial charge in [0.25, 0.3) is 0 Å². The van der Waals surface area contributed by atoms with Gasteiger partial charge in [0.2, 0.25) is 0 Å². The lowest BCUT2D eigenvalue weighted by Gasteiger charge is -2.32. The lowest BCUT2D eigenvalue weighted by molar-refractivity contribution is 0.160. The summed E-state index contributed by atoms with van der Waals surface area (Å²) in [7, 11) is -3.12. The number of amides is 2. The van der Waals surface area contributed by atoms with E-state index in [4.69, 9.17) is 4.55 Å². The molecule has 9 nitrogen and oxygen atoms in total. The molecular weight excluding hydrogens is 264 g/mol. The Hall–Kier alpha value is -1.65. The maximum atomic E-state index is 11.9. The predicted molar refractivity (Wildman–Crippen MR) is 59.8 cm³/mol. The van der Waals surface area contributed by atoms with E-state index in [0.29, 0.717) is 23.8 Å². The Kier molecular flexibility index (Phi) is 3.00. The molecule has 1 aromatic heterocycles. The number of nitrogens with zero attached hydrogens (tertiary/aromatic N) is 4. The summed E-state index contributed by atoms with van der Waals surface area (Å²) in [6.07, 6.45) is 1.30. The highest BCUT2D eigenvalue weighted by molar-refractivity contribution is 7.81. The van der Waals surface area contributed by atoms with E-state index >= 15 is 0 Å². The summed E-state index contributed by atoms with van der Waals surface area (Å²) in [6, 6.07) is -0.671. The number of carbonyl (C=O) groups excluding carboxylic acids is 1. The lowest BCUT2D eigenvalue weighted by atomic mass is 10.3. The average molecular weight is 276 g/mol. The van der Waals surface area contributed by atoms with Gasteiger partial charge in [-0.2, -0.15) is 13.5 Å². The molecule has 1 aliphatic rings. The van der Waals surface area contributed by atoms with Gasteiger partial charge >= 0.3 is 16.4 Å². The van der Waals surface area contributed by atoms with Crippen molar-refractivity contribution in [2.45, 2.75) is 13.5 Å². The molecule has 1 aromatic rings. The minimum absolute atomic E-state index is 0.199. The summed E-state index contributed by atoms with van der Waals surface area (Å²) in [5, 5.41) is 4.44. The molecule has 2 rings (SSSR count). The second-order valence-electron chi connectivity index (χ2n) is 3.69. The van der Waals surface area contributed by atoms with Crippen molar-refractivity contribution in [1.29, 1.82) is 0 Å². The van der Waals surface area contributed by atoms with Crippen LogP contribution in [0.1, 0.15) is 12.6 Å². The van der Waals surface area contributed by atoms with Crippen LogP contribution in [0, 0.1) is 0 Å². The summed E-state index contributed by atoms with van der Waals surface area (Å²) in [4.78, 5) is 13.3. The quantitative estimate of drug-likeness (QED) is 0.774. The van der Waals surface area contributed by atoms with Gasteiger partial charge in [-0.05, 0) is 6.92 Å². The van der Waals surface area contributed by atoms with Crippen molar-refractivity contribution < 1.29 is 22.0 Å². The fraction of sp³-hybridized carbons (Fsp3) is 0.500. The topological polar surface area (TPSA) is 105 Å². The van der Waals surface area contributed by atoms with Crippen LogP contribution in [0.15, 0.2) is 6.20 Å². The first-order valence-corrected chi connectivity index (χ1v) is 6.47. The molecule has 0 fully saturated rings. The second kappa shape index (κ2) is 4.23. The molecule has 2 amide bonds. The van der Waals surface area contributed by atoms with Gasteiger partial charge in [-0.15, -0.1) is 9.35 Å². The molecule has 1 aliphatic heterocycles. The van der Waals surface area contributed by atoms with E-state index in [2.05, 4.69) is 9.38 Å². The van der Waals surface area contributed by atoms with E-state index in [1.807, 2.05) is 0 Å². The highest BCUT2D eigenvalue weighted by Crippen LogP contribution is 2.28.